The lowest BCUT2D eigenvalue weighted by Gasteiger charge is -2.34. The van der Waals surface area contributed by atoms with Gasteiger partial charge in [-0.15, -0.1) is 0 Å². The number of piperazine rings is 1. The molecule has 4 aromatic rings. The van der Waals surface area contributed by atoms with Crippen LogP contribution in [0.3, 0.4) is 0 Å². The van der Waals surface area contributed by atoms with Gasteiger partial charge in [0, 0.05) is 43.5 Å². The number of para-hydroxylation sites is 1. The van der Waals surface area contributed by atoms with E-state index in [0.717, 1.165) is 48.3 Å². The maximum absolute atomic E-state index is 13.9. The van der Waals surface area contributed by atoms with Gasteiger partial charge in [-0.1, -0.05) is 23.3 Å². The van der Waals surface area contributed by atoms with Crippen molar-refractivity contribution in [1.82, 2.24) is 34.9 Å². The van der Waals surface area contributed by atoms with Crippen molar-refractivity contribution in [2.24, 2.45) is 0 Å². The van der Waals surface area contributed by atoms with Crippen LogP contribution in [0.1, 0.15) is 28.2 Å². The predicted molar refractivity (Wildman–Crippen MR) is 123 cm³/mol. The van der Waals surface area contributed by atoms with Gasteiger partial charge in [0.25, 0.3) is 5.91 Å². The van der Waals surface area contributed by atoms with E-state index in [0.29, 0.717) is 43.5 Å². The van der Waals surface area contributed by atoms with Crippen molar-refractivity contribution in [2.45, 2.75) is 19.3 Å². The van der Waals surface area contributed by atoms with Crippen LogP contribution in [0.15, 0.2) is 48.5 Å². The smallest absolute Gasteiger partial charge is 0.274 e. The molecule has 3 heterocycles. The van der Waals surface area contributed by atoms with E-state index in [1.807, 2.05) is 30.3 Å². The van der Waals surface area contributed by atoms with Crippen LogP contribution in [0, 0.1) is 11.6 Å². The molecule has 1 amide bonds. The number of carbonyl (C=O) groups is 1. The average molecular weight is 476 g/mol. The van der Waals surface area contributed by atoms with Crippen molar-refractivity contribution in [3.8, 4) is 11.4 Å². The van der Waals surface area contributed by atoms with Gasteiger partial charge in [-0.2, -0.15) is 9.78 Å². The summed E-state index contributed by atoms with van der Waals surface area (Å²) < 4.78 is 30.6. The molecule has 9 nitrogen and oxygen atoms in total. The number of halogens is 2. The van der Waals surface area contributed by atoms with Crippen LogP contribution in [-0.4, -0.2) is 67.0 Å². The largest absolute Gasteiger partial charge is 0.336 e. The number of carbonyl (C=O) groups excluding carboxylic acids is 1. The molecule has 0 spiro atoms. The number of hydrogen-bond acceptors (Lipinski definition) is 6. The number of aromatic nitrogens is 6. The third-order valence-electron chi connectivity index (χ3n) is 6.58. The number of amides is 1. The molecule has 1 fully saturated rings. The van der Waals surface area contributed by atoms with Gasteiger partial charge in [0.05, 0.1) is 11.4 Å². The molecule has 2 aliphatic rings. The van der Waals surface area contributed by atoms with E-state index in [9.17, 15) is 13.6 Å². The van der Waals surface area contributed by atoms with E-state index >= 15 is 0 Å². The van der Waals surface area contributed by atoms with E-state index in [4.69, 9.17) is 0 Å². The quantitative estimate of drug-likeness (QED) is 0.450. The molecule has 1 aliphatic carbocycles. The van der Waals surface area contributed by atoms with Gasteiger partial charge in [-0.3, -0.25) is 4.79 Å². The molecule has 0 unspecified atom stereocenters. The third-order valence-corrected chi connectivity index (χ3v) is 6.58. The lowest BCUT2D eigenvalue weighted by Crippen LogP contribution is -2.49. The number of hydrogen-bond donors (Lipinski definition) is 0. The molecule has 2 aromatic heterocycles. The van der Waals surface area contributed by atoms with Crippen LogP contribution in [0.5, 0.6) is 0 Å². The molecular weight excluding hydrogens is 454 g/mol. The van der Waals surface area contributed by atoms with E-state index in [2.05, 4.69) is 25.5 Å². The van der Waals surface area contributed by atoms with Crippen LogP contribution >= 0.6 is 0 Å². The van der Waals surface area contributed by atoms with Crippen molar-refractivity contribution < 1.29 is 13.6 Å². The lowest BCUT2D eigenvalue weighted by molar-refractivity contribution is 0.0738. The van der Waals surface area contributed by atoms with Gasteiger partial charge >= 0.3 is 0 Å². The van der Waals surface area contributed by atoms with E-state index in [1.165, 1.54) is 6.07 Å². The van der Waals surface area contributed by atoms with Gasteiger partial charge in [-0.25, -0.2) is 13.5 Å². The summed E-state index contributed by atoms with van der Waals surface area (Å²) in [6, 6.07) is 13.3. The molecule has 0 atom stereocenters. The Hall–Kier alpha value is -4.15. The second-order valence-electron chi connectivity index (χ2n) is 8.64. The predicted octanol–water partition coefficient (Wildman–Crippen LogP) is 2.58. The van der Waals surface area contributed by atoms with Gasteiger partial charge in [0.1, 0.15) is 0 Å². The third kappa shape index (κ3) is 3.72. The summed E-state index contributed by atoms with van der Waals surface area (Å²) in [5, 5.41) is 16.7. The first-order chi connectivity index (χ1) is 17.1. The summed E-state index contributed by atoms with van der Waals surface area (Å²) in [5.74, 6) is -1.37. The minimum atomic E-state index is -0.938. The fourth-order valence-electron chi connectivity index (χ4n) is 4.81. The number of anilines is 1. The summed E-state index contributed by atoms with van der Waals surface area (Å²) in [6.45, 7) is 2.14. The Kier molecular flexibility index (Phi) is 5.24. The minimum absolute atomic E-state index is 0.146. The highest BCUT2D eigenvalue weighted by molar-refractivity contribution is 5.94. The zero-order valence-corrected chi connectivity index (χ0v) is 18.8. The molecule has 0 N–H and O–H groups in total. The molecular formula is C24H22F2N8O. The zero-order valence-electron chi connectivity index (χ0n) is 18.8. The monoisotopic (exact) mass is 476 g/mol. The van der Waals surface area contributed by atoms with Crippen LogP contribution in [0.2, 0.25) is 0 Å². The van der Waals surface area contributed by atoms with Crippen LogP contribution in [-0.2, 0) is 12.8 Å². The number of benzene rings is 2. The minimum Gasteiger partial charge on any atom is -0.336 e. The van der Waals surface area contributed by atoms with Crippen molar-refractivity contribution in [2.75, 3.05) is 31.1 Å². The number of fused-ring (bicyclic) bond motifs is 1. The first-order valence-corrected chi connectivity index (χ1v) is 11.5. The lowest BCUT2D eigenvalue weighted by atomic mass is 10.1. The van der Waals surface area contributed by atoms with Crippen molar-refractivity contribution in [3.05, 3.63) is 77.1 Å². The molecule has 2 aromatic carbocycles. The molecule has 6 rings (SSSR count). The summed E-state index contributed by atoms with van der Waals surface area (Å²) in [7, 11) is 0. The fourth-order valence-corrected chi connectivity index (χ4v) is 4.81. The fraction of sp³-hybridized carbons (Fsp3) is 0.292. The Morgan fingerprint density at radius 2 is 1.66 bits per heavy atom. The summed E-state index contributed by atoms with van der Waals surface area (Å²) in [5.41, 5.74) is 3.46. The Morgan fingerprint density at radius 3 is 2.43 bits per heavy atom. The van der Waals surface area contributed by atoms with Crippen molar-refractivity contribution >= 4 is 11.9 Å². The second kappa shape index (κ2) is 8.57. The number of tetrazole rings is 1. The summed E-state index contributed by atoms with van der Waals surface area (Å²) >= 11 is 0. The van der Waals surface area contributed by atoms with E-state index < -0.39 is 11.6 Å². The van der Waals surface area contributed by atoms with Gasteiger partial charge in [-0.05, 0) is 54.0 Å². The van der Waals surface area contributed by atoms with Gasteiger partial charge < -0.3 is 9.80 Å². The van der Waals surface area contributed by atoms with E-state index in [-0.39, 0.29) is 5.91 Å². The van der Waals surface area contributed by atoms with Gasteiger partial charge in [0.15, 0.2) is 17.3 Å². The normalized spacial score (nSPS) is 15.5. The average Bonchev–Trinajstić information content (AvgIpc) is 3.63. The topological polar surface area (TPSA) is 85.0 Å². The Balaban J connectivity index is 1.21. The van der Waals surface area contributed by atoms with Gasteiger partial charge in [0.2, 0.25) is 5.95 Å². The summed E-state index contributed by atoms with van der Waals surface area (Å²) in [6.07, 6.45) is 2.38. The maximum atomic E-state index is 13.9. The Bertz CT molecular complexity index is 1390. The number of rotatable bonds is 4. The highest BCUT2D eigenvalue weighted by atomic mass is 19.2. The second-order valence-corrected chi connectivity index (χ2v) is 8.64. The highest BCUT2D eigenvalue weighted by Gasteiger charge is 2.32. The standard InChI is InChI=1S/C24H22F2N8O/c25-19-10-9-17(15-20(19)26)33-21-8-4-7-18(21)22(28-33)23(35)31-11-13-32(14-12-31)24-27-29-30-34(24)16-5-2-1-3-6-16/h1-3,5-6,9-10,15H,4,7-8,11-14H2. The first-order valence-electron chi connectivity index (χ1n) is 11.5. The SMILES string of the molecule is O=C(c1nn(-c2ccc(F)c(F)c2)c2c1CCC2)N1CCN(c2nnnn2-c2ccccc2)CC1. The van der Waals surface area contributed by atoms with Crippen LogP contribution in [0.25, 0.3) is 11.4 Å². The van der Waals surface area contributed by atoms with Crippen molar-refractivity contribution in [3.63, 3.8) is 0 Å². The van der Waals surface area contributed by atoms with Crippen LogP contribution < -0.4 is 4.90 Å². The first kappa shape index (κ1) is 21.4. The molecule has 0 bridgehead atoms. The molecule has 0 radical (unpaired) electrons. The highest BCUT2D eigenvalue weighted by Crippen LogP contribution is 2.29. The maximum Gasteiger partial charge on any atom is 0.274 e. The molecule has 11 heteroatoms. The molecule has 1 aliphatic heterocycles. The number of nitrogens with zero attached hydrogens (tertiary/aromatic N) is 8. The van der Waals surface area contributed by atoms with Crippen molar-refractivity contribution in [1.29, 1.82) is 0 Å². The molecule has 1 saturated heterocycles. The Morgan fingerprint density at radius 1 is 0.857 bits per heavy atom. The van der Waals surface area contributed by atoms with E-state index in [1.54, 1.807) is 14.3 Å². The van der Waals surface area contributed by atoms with Crippen LogP contribution in [0.4, 0.5) is 14.7 Å². The Labute approximate surface area is 199 Å². The molecule has 178 valence electrons. The molecule has 0 saturated carbocycles. The summed E-state index contributed by atoms with van der Waals surface area (Å²) in [4.78, 5) is 17.3. The molecule has 35 heavy (non-hydrogen) atoms. The zero-order chi connectivity index (χ0) is 23.9.